The van der Waals surface area contributed by atoms with Gasteiger partial charge in [0, 0.05) is 0 Å². The van der Waals surface area contributed by atoms with E-state index < -0.39 is 40.0 Å². The van der Waals surface area contributed by atoms with E-state index in [2.05, 4.69) is 30.5 Å². The van der Waals surface area contributed by atoms with Crippen LogP contribution in [-0.2, 0) is 14.3 Å². The minimum absolute atomic E-state index is 0.137. The van der Waals surface area contributed by atoms with Gasteiger partial charge < -0.3 is 9.88 Å². The Bertz CT molecular complexity index is 1840. The summed E-state index contributed by atoms with van der Waals surface area (Å²) in [5.74, 6) is -0.409. The van der Waals surface area contributed by atoms with Crippen LogP contribution in [0.25, 0.3) is 33.9 Å². The third-order valence-corrected chi connectivity index (χ3v) is 8.42. The van der Waals surface area contributed by atoms with Crippen molar-refractivity contribution in [1.29, 1.82) is 0 Å². The number of carbonyl (C=O) groups excluding carboxylic acids is 1. The Morgan fingerprint density at radius 1 is 1.22 bits per heavy atom. The molecular weight excluding hydrogens is 595 g/mol. The zero-order chi connectivity index (χ0) is 28.7. The fourth-order valence-corrected chi connectivity index (χ4v) is 6.60. The number of halogens is 2. The molecule has 0 unspecified atom stereocenters. The molecule has 5 aromatic rings. The van der Waals surface area contributed by atoms with E-state index in [1.807, 2.05) is 0 Å². The maximum atomic E-state index is 15.2. The molecule has 6 rings (SSSR count). The maximum Gasteiger partial charge on any atom is 0.280 e. The topological polar surface area (TPSA) is 158 Å². The summed E-state index contributed by atoms with van der Waals surface area (Å²) in [7, 11) is -3.99. The van der Waals surface area contributed by atoms with Crippen LogP contribution in [0.5, 0.6) is 0 Å². The van der Waals surface area contributed by atoms with E-state index in [9.17, 15) is 13.2 Å². The molecule has 0 radical (unpaired) electrons. The van der Waals surface area contributed by atoms with Crippen LogP contribution in [0.4, 0.5) is 4.39 Å². The SMILES string of the molecule is CS(=O)(=O)O[C@@H]1[C@@H](NC(=O)c2ncc(Cl)s2)CCC[C@H]1n1c(-c2ccccc2F)nc2cnc(-c3nc[nH]n3)cc21. The van der Waals surface area contributed by atoms with E-state index in [1.165, 1.54) is 24.8 Å². The second-order valence-electron chi connectivity index (χ2n) is 9.48. The van der Waals surface area contributed by atoms with Gasteiger partial charge in [-0.2, -0.15) is 13.5 Å². The zero-order valence-corrected chi connectivity index (χ0v) is 23.7. The van der Waals surface area contributed by atoms with Gasteiger partial charge in [0.2, 0.25) is 0 Å². The van der Waals surface area contributed by atoms with Crippen LogP contribution in [-0.4, -0.2) is 67.4 Å². The fraction of sp³-hybridized carbons (Fsp3) is 0.280. The van der Waals surface area contributed by atoms with Crippen molar-refractivity contribution in [2.24, 2.45) is 0 Å². The molecule has 0 bridgehead atoms. The molecule has 2 N–H and O–H groups in total. The summed E-state index contributed by atoms with van der Waals surface area (Å²) in [6.45, 7) is 0. The molecule has 16 heteroatoms. The average molecular weight is 617 g/mol. The molecular formula is C25H22ClFN8O4S2. The van der Waals surface area contributed by atoms with Gasteiger partial charge in [0.05, 0.1) is 41.8 Å². The fourth-order valence-electron chi connectivity index (χ4n) is 5.12. The number of fused-ring (bicyclic) bond motifs is 1. The number of hydrogen-bond acceptors (Lipinski definition) is 10. The van der Waals surface area contributed by atoms with Crippen LogP contribution in [0.15, 0.2) is 49.1 Å². The number of pyridine rings is 1. The van der Waals surface area contributed by atoms with Gasteiger partial charge in [-0.05, 0) is 37.5 Å². The minimum Gasteiger partial charge on any atom is -0.344 e. The summed E-state index contributed by atoms with van der Waals surface area (Å²) < 4.78 is 48.0. The Balaban J connectivity index is 1.51. The van der Waals surface area contributed by atoms with Gasteiger partial charge >= 0.3 is 0 Å². The van der Waals surface area contributed by atoms with Crippen molar-refractivity contribution >= 4 is 50.0 Å². The lowest BCUT2D eigenvalue weighted by Crippen LogP contribution is -2.51. The number of rotatable bonds is 7. The molecule has 0 spiro atoms. The predicted octanol–water partition coefficient (Wildman–Crippen LogP) is 4.00. The highest BCUT2D eigenvalue weighted by molar-refractivity contribution is 7.86. The lowest BCUT2D eigenvalue weighted by Gasteiger charge is -2.38. The number of thiazole rings is 1. The molecule has 1 aliphatic carbocycles. The highest BCUT2D eigenvalue weighted by Gasteiger charge is 2.41. The van der Waals surface area contributed by atoms with E-state index in [0.717, 1.165) is 17.6 Å². The molecule has 212 valence electrons. The molecule has 41 heavy (non-hydrogen) atoms. The molecule has 3 atom stereocenters. The summed E-state index contributed by atoms with van der Waals surface area (Å²) in [5, 5.41) is 9.77. The number of benzene rings is 1. The second-order valence-corrected chi connectivity index (χ2v) is 12.7. The number of nitrogens with one attached hydrogen (secondary N) is 2. The van der Waals surface area contributed by atoms with Crippen molar-refractivity contribution in [3.05, 3.63) is 64.2 Å². The summed E-state index contributed by atoms with van der Waals surface area (Å²) in [4.78, 5) is 30.3. The van der Waals surface area contributed by atoms with Crippen LogP contribution in [0.2, 0.25) is 4.34 Å². The quantitative estimate of drug-likeness (QED) is 0.258. The second kappa shape index (κ2) is 10.9. The average Bonchev–Trinajstić information content (AvgIpc) is 3.69. The summed E-state index contributed by atoms with van der Waals surface area (Å²) in [5.41, 5.74) is 1.64. The normalized spacial score (nSPS) is 19.4. The highest BCUT2D eigenvalue weighted by Crippen LogP contribution is 2.39. The minimum atomic E-state index is -3.99. The molecule has 1 saturated carbocycles. The first-order chi connectivity index (χ1) is 19.7. The third-order valence-electron chi connectivity index (χ3n) is 6.73. The van der Waals surface area contributed by atoms with Crippen molar-refractivity contribution in [1.82, 2.24) is 40.0 Å². The number of amides is 1. The maximum absolute atomic E-state index is 15.2. The Morgan fingerprint density at radius 3 is 2.76 bits per heavy atom. The number of hydrogen-bond donors (Lipinski definition) is 2. The Kier molecular flexibility index (Phi) is 7.27. The number of carbonyl (C=O) groups is 1. The Labute approximate surface area is 242 Å². The van der Waals surface area contributed by atoms with Gasteiger partial charge in [-0.3, -0.25) is 19.1 Å². The zero-order valence-electron chi connectivity index (χ0n) is 21.4. The molecule has 1 fully saturated rings. The Hall–Kier alpha value is -3.79. The van der Waals surface area contributed by atoms with Gasteiger partial charge in [0.15, 0.2) is 10.8 Å². The van der Waals surface area contributed by atoms with Crippen LogP contribution < -0.4 is 5.32 Å². The van der Waals surface area contributed by atoms with Crippen molar-refractivity contribution in [3.63, 3.8) is 0 Å². The number of aromatic amines is 1. The van der Waals surface area contributed by atoms with Crippen molar-refractivity contribution in [2.75, 3.05) is 6.26 Å². The van der Waals surface area contributed by atoms with E-state index in [1.54, 1.807) is 28.8 Å². The van der Waals surface area contributed by atoms with Crippen molar-refractivity contribution < 1.29 is 21.8 Å². The number of H-pyrrole nitrogens is 1. The van der Waals surface area contributed by atoms with E-state index in [-0.39, 0.29) is 16.4 Å². The monoisotopic (exact) mass is 616 g/mol. The van der Waals surface area contributed by atoms with Gasteiger partial charge in [0.25, 0.3) is 16.0 Å². The molecule has 0 aliphatic heterocycles. The first-order valence-corrected chi connectivity index (χ1v) is 15.5. The Morgan fingerprint density at radius 2 is 2.05 bits per heavy atom. The van der Waals surface area contributed by atoms with E-state index in [0.29, 0.717) is 46.2 Å². The van der Waals surface area contributed by atoms with Gasteiger partial charge in [-0.15, -0.1) is 0 Å². The van der Waals surface area contributed by atoms with Crippen LogP contribution in [0.1, 0.15) is 35.1 Å². The summed E-state index contributed by atoms with van der Waals surface area (Å²) >= 11 is 6.97. The highest BCUT2D eigenvalue weighted by atomic mass is 35.5. The van der Waals surface area contributed by atoms with Crippen LogP contribution >= 0.6 is 22.9 Å². The first kappa shape index (κ1) is 27.4. The molecule has 1 aromatic carbocycles. The van der Waals surface area contributed by atoms with Crippen molar-refractivity contribution in [2.45, 2.75) is 37.5 Å². The van der Waals surface area contributed by atoms with Crippen LogP contribution in [0.3, 0.4) is 0 Å². The lowest BCUT2D eigenvalue weighted by molar-refractivity contribution is 0.0621. The molecule has 0 saturated heterocycles. The third kappa shape index (κ3) is 5.57. The first-order valence-electron chi connectivity index (χ1n) is 12.5. The molecule has 1 aliphatic rings. The van der Waals surface area contributed by atoms with E-state index >= 15 is 4.39 Å². The summed E-state index contributed by atoms with van der Waals surface area (Å²) in [6.07, 6.45) is 5.72. The number of aromatic nitrogens is 7. The smallest absolute Gasteiger partial charge is 0.280 e. The van der Waals surface area contributed by atoms with Crippen molar-refractivity contribution in [3.8, 4) is 22.9 Å². The molecule has 12 nitrogen and oxygen atoms in total. The predicted molar refractivity (Wildman–Crippen MR) is 149 cm³/mol. The largest absolute Gasteiger partial charge is 0.344 e. The lowest BCUT2D eigenvalue weighted by atomic mass is 9.87. The number of nitrogens with zero attached hydrogens (tertiary/aromatic N) is 6. The van der Waals surface area contributed by atoms with Gasteiger partial charge in [0.1, 0.15) is 39.6 Å². The molecule has 4 heterocycles. The molecule has 4 aromatic heterocycles. The van der Waals surface area contributed by atoms with E-state index in [4.69, 9.17) is 20.8 Å². The standard InChI is InChI=1S/C25H22ClFN8O4S2/c1-41(37,38)39-21-15(33-24(36)25-29-11-20(26)40-25)7-4-8-18(21)35-19-9-16(22-30-12-31-34-22)28-10-17(19)32-23(35)13-5-2-3-6-14(13)27/h2-3,5-6,9-12,15,18,21H,4,7-8H2,1H3,(H,33,36)(H,30,31,34)/t15-,18+,21+/m0/s1. The summed E-state index contributed by atoms with van der Waals surface area (Å²) in [6, 6.07) is 6.49. The van der Waals surface area contributed by atoms with Gasteiger partial charge in [-0.1, -0.05) is 35.1 Å². The molecule has 1 amide bonds. The van der Waals surface area contributed by atoms with Crippen LogP contribution in [0, 0.1) is 5.82 Å². The number of imidazole rings is 1. The van der Waals surface area contributed by atoms with Gasteiger partial charge in [-0.25, -0.2) is 19.3 Å².